The van der Waals surface area contributed by atoms with Crippen LogP contribution >= 0.6 is 27.5 Å². The molecule has 0 radical (unpaired) electrons. The van der Waals surface area contributed by atoms with E-state index < -0.39 is 0 Å². The Labute approximate surface area is 137 Å². The highest BCUT2D eigenvalue weighted by Gasteiger charge is 2.16. The van der Waals surface area contributed by atoms with Gasteiger partial charge in [-0.2, -0.15) is 0 Å². The molecule has 0 bridgehead atoms. The minimum atomic E-state index is -0.248. The molecule has 0 saturated heterocycles. The largest absolute Gasteiger partial charge is 0.310 e. The normalized spacial score (nSPS) is 12.4. The zero-order chi connectivity index (χ0) is 15.2. The molecule has 5 heteroatoms. The number of nitrogens with one attached hydrogen (secondary N) is 1. The molecule has 0 aliphatic heterocycles. The monoisotopic (exact) mass is 370 g/mol. The standard InChI is InChI=1S/C16H17BrClFN2/c1-2-6-21-16(8-11-5-7-20-10-15(11)18)13-4-3-12(19)9-14(13)17/h3-5,7,9-10,16,21H,2,6,8H2,1H3. The number of hydrogen-bond acceptors (Lipinski definition) is 2. The number of halogens is 3. The summed E-state index contributed by atoms with van der Waals surface area (Å²) in [6, 6.07) is 6.76. The predicted molar refractivity (Wildman–Crippen MR) is 88.1 cm³/mol. The van der Waals surface area contributed by atoms with Gasteiger partial charge < -0.3 is 5.32 Å². The molecular formula is C16H17BrClFN2. The van der Waals surface area contributed by atoms with Gasteiger partial charge in [-0.25, -0.2) is 4.39 Å². The summed E-state index contributed by atoms with van der Waals surface area (Å²) in [6.07, 6.45) is 5.14. The van der Waals surface area contributed by atoms with Crippen LogP contribution in [0.25, 0.3) is 0 Å². The molecule has 1 atom stereocenters. The van der Waals surface area contributed by atoms with E-state index in [0.717, 1.165) is 35.0 Å². The Hall–Kier alpha value is -0.970. The Bertz CT molecular complexity index is 607. The van der Waals surface area contributed by atoms with Crippen LogP contribution in [0.4, 0.5) is 4.39 Å². The molecule has 21 heavy (non-hydrogen) atoms. The quantitative estimate of drug-likeness (QED) is 0.779. The van der Waals surface area contributed by atoms with Gasteiger partial charge in [0.05, 0.1) is 5.02 Å². The molecule has 0 fully saturated rings. The van der Waals surface area contributed by atoms with Crippen molar-refractivity contribution in [3.8, 4) is 0 Å². The molecule has 2 nitrogen and oxygen atoms in total. The maximum absolute atomic E-state index is 13.3. The number of nitrogens with zero attached hydrogens (tertiary/aromatic N) is 1. The third kappa shape index (κ3) is 4.50. The topological polar surface area (TPSA) is 24.9 Å². The fourth-order valence-corrected chi connectivity index (χ4v) is 3.01. The van der Waals surface area contributed by atoms with Crippen LogP contribution in [-0.4, -0.2) is 11.5 Å². The highest BCUT2D eigenvalue weighted by atomic mass is 79.9. The van der Waals surface area contributed by atoms with E-state index in [0.29, 0.717) is 5.02 Å². The SMILES string of the molecule is CCCNC(Cc1ccncc1Cl)c1ccc(F)cc1Br. The molecule has 2 aromatic rings. The smallest absolute Gasteiger partial charge is 0.124 e. The van der Waals surface area contributed by atoms with E-state index in [2.05, 4.69) is 33.2 Å². The van der Waals surface area contributed by atoms with E-state index in [1.807, 2.05) is 12.1 Å². The predicted octanol–water partition coefficient (Wildman–Crippen LogP) is 4.92. The number of aromatic nitrogens is 1. The summed E-state index contributed by atoms with van der Waals surface area (Å²) >= 11 is 9.64. The van der Waals surface area contributed by atoms with E-state index in [1.165, 1.54) is 12.1 Å². The van der Waals surface area contributed by atoms with Gasteiger partial charge in [0.2, 0.25) is 0 Å². The van der Waals surface area contributed by atoms with Crippen molar-refractivity contribution >= 4 is 27.5 Å². The fourth-order valence-electron chi connectivity index (χ4n) is 2.18. The van der Waals surface area contributed by atoms with Gasteiger partial charge >= 0.3 is 0 Å². The molecule has 0 aliphatic rings. The molecule has 1 N–H and O–H groups in total. The van der Waals surface area contributed by atoms with Crippen molar-refractivity contribution in [2.45, 2.75) is 25.8 Å². The maximum Gasteiger partial charge on any atom is 0.124 e. The zero-order valence-electron chi connectivity index (χ0n) is 11.7. The van der Waals surface area contributed by atoms with Crippen LogP contribution in [0.2, 0.25) is 5.02 Å². The van der Waals surface area contributed by atoms with Crippen LogP contribution in [0.3, 0.4) is 0 Å². The molecule has 1 aromatic carbocycles. The number of benzene rings is 1. The molecule has 1 aromatic heterocycles. The van der Waals surface area contributed by atoms with E-state index in [-0.39, 0.29) is 11.9 Å². The van der Waals surface area contributed by atoms with Gasteiger partial charge in [0.1, 0.15) is 5.82 Å². The van der Waals surface area contributed by atoms with Crippen LogP contribution < -0.4 is 5.32 Å². The molecular weight excluding hydrogens is 355 g/mol. The molecule has 0 spiro atoms. The Morgan fingerprint density at radius 3 is 2.86 bits per heavy atom. The second-order valence-corrected chi connectivity index (χ2v) is 6.11. The first kappa shape index (κ1) is 16.4. The second kappa shape index (κ2) is 7.87. The van der Waals surface area contributed by atoms with Crippen molar-refractivity contribution in [2.24, 2.45) is 0 Å². The Kier molecular flexibility index (Phi) is 6.15. The lowest BCUT2D eigenvalue weighted by atomic mass is 9.99. The van der Waals surface area contributed by atoms with Crippen LogP contribution in [-0.2, 0) is 6.42 Å². The van der Waals surface area contributed by atoms with E-state index >= 15 is 0 Å². The van der Waals surface area contributed by atoms with Crippen molar-refractivity contribution in [2.75, 3.05) is 6.54 Å². The van der Waals surface area contributed by atoms with Gasteiger partial charge in [0.15, 0.2) is 0 Å². The lowest BCUT2D eigenvalue weighted by Crippen LogP contribution is -2.24. The maximum atomic E-state index is 13.3. The third-order valence-corrected chi connectivity index (χ3v) is 4.29. The summed E-state index contributed by atoms with van der Waals surface area (Å²) in [7, 11) is 0. The highest BCUT2D eigenvalue weighted by molar-refractivity contribution is 9.10. The van der Waals surface area contributed by atoms with Gasteiger partial charge in [-0.15, -0.1) is 0 Å². The van der Waals surface area contributed by atoms with Crippen molar-refractivity contribution in [1.29, 1.82) is 0 Å². The van der Waals surface area contributed by atoms with E-state index in [4.69, 9.17) is 11.6 Å². The number of rotatable bonds is 6. The summed E-state index contributed by atoms with van der Waals surface area (Å²) in [5.74, 6) is -0.248. The lowest BCUT2D eigenvalue weighted by molar-refractivity contribution is 0.525. The average Bonchev–Trinajstić information content (AvgIpc) is 2.46. The zero-order valence-corrected chi connectivity index (χ0v) is 14.1. The number of pyridine rings is 1. The molecule has 0 aliphatic carbocycles. The second-order valence-electron chi connectivity index (χ2n) is 4.84. The summed E-state index contributed by atoms with van der Waals surface area (Å²) in [6.45, 7) is 3.00. The van der Waals surface area contributed by atoms with Crippen LogP contribution in [0.1, 0.15) is 30.5 Å². The van der Waals surface area contributed by atoms with Crippen molar-refractivity contribution in [1.82, 2.24) is 10.3 Å². The van der Waals surface area contributed by atoms with Gasteiger partial charge in [-0.1, -0.05) is 40.5 Å². The summed E-state index contributed by atoms with van der Waals surface area (Å²) in [5.41, 5.74) is 2.05. The molecule has 1 heterocycles. The first-order chi connectivity index (χ1) is 10.1. The Balaban J connectivity index is 2.27. The Morgan fingerprint density at radius 2 is 2.19 bits per heavy atom. The van der Waals surface area contributed by atoms with Crippen LogP contribution in [0.15, 0.2) is 41.1 Å². The van der Waals surface area contributed by atoms with Gasteiger partial charge in [0, 0.05) is 22.9 Å². The van der Waals surface area contributed by atoms with E-state index in [9.17, 15) is 4.39 Å². The van der Waals surface area contributed by atoms with Crippen LogP contribution in [0, 0.1) is 5.82 Å². The molecule has 0 amide bonds. The first-order valence-corrected chi connectivity index (χ1v) is 8.05. The molecule has 2 rings (SSSR count). The van der Waals surface area contributed by atoms with Crippen LogP contribution in [0.5, 0.6) is 0 Å². The van der Waals surface area contributed by atoms with E-state index in [1.54, 1.807) is 12.4 Å². The average molecular weight is 372 g/mol. The van der Waals surface area contributed by atoms with Crippen molar-refractivity contribution < 1.29 is 4.39 Å². The molecule has 112 valence electrons. The minimum Gasteiger partial charge on any atom is -0.310 e. The fraction of sp³-hybridized carbons (Fsp3) is 0.312. The lowest BCUT2D eigenvalue weighted by Gasteiger charge is -2.21. The Morgan fingerprint density at radius 1 is 1.38 bits per heavy atom. The van der Waals surface area contributed by atoms with Gasteiger partial charge in [-0.3, -0.25) is 4.98 Å². The first-order valence-electron chi connectivity index (χ1n) is 6.88. The summed E-state index contributed by atoms with van der Waals surface area (Å²) in [5, 5.41) is 4.14. The van der Waals surface area contributed by atoms with Crippen molar-refractivity contribution in [3.05, 3.63) is 63.1 Å². The van der Waals surface area contributed by atoms with Gasteiger partial charge in [-0.05, 0) is 48.7 Å². The minimum absolute atomic E-state index is 0.0693. The third-order valence-electron chi connectivity index (χ3n) is 3.26. The molecule has 0 saturated carbocycles. The number of hydrogen-bond donors (Lipinski definition) is 1. The van der Waals surface area contributed by atoms with Gasteiger partial charge in [0.25, 0.3) is 0 Å². The van der Waals surface area contributed by atoms with Crippen molar-refractivity contribution in [3.63, 3.8) is 0 Å². The molecule has 1 unspecified atom stereocenters. The summed E-state index contributed by atoms with van der Waals surface area (Å²) in [4.78, 5) is 4.01. The highest BCUT2D eigenvalue weighted by Crippen LogP contribution is 2.28. The summed E-state index contributed by atoms with van der Waals surface area (Å²) < 4.78 is 14.0.